The highest BCUT2D eigenvalue weighted by molar-refractivity contribution is 9.10. The molecule has 0 atom stereocenters. The molecule has 3 nitrogen and oxygen atoms in total. The number of nitrogens with two attached hydrogens (primary N) is 1. The molecule has 0 saturated carbocycles. The number of fused-ring (bicyclic) bond motifs is 1. The quantitative estimate of drug-likeness (QED) is 0.689. The second-order valence-electron chi connectivity index (χ2n) is 4.02. The third-order valence-electron chi connectivity index (χ3n) is 2.82. The van der Waals surface area contributed by atoms with E-state index >= 15 is 0 Å². The summed E-state index contributed by atoms with van der Waals surface area (Å²) in [4.78, 5) is 4.53. The summed E-state index contributed by atoms with van der Waals surface area (Å²) in [5.74, 6) is 0.528. The number of benzene rings is 1. The first-order valence-corrected chi connectivity index (χ1v) is 7.00. The van der Waals surface area contributed by atoms with E-state index in [1.54, 1.807) is 22.6 Å². The Bertz CT molecular complexity index is 783. The number of imidazole rings is 1. The molecule has 2 heterocycles. The Morgan fingerprint density at radius 2 is 2.00 bits per heavy atom. The minimum atomic E-state index is 0.528. The van der Waals surface area contributed by atoms with Gasteiger partial charge in [0.05, 0.1) is 9.50 Å². The molecule has 96 valence electrons. The zero-order valence-corrected chi connectivity index (χ0v) is 12.7. The van der Waals surface area contributed by atoms with Crippen LogP contribution in [0.2, 0.25) is 10.0 Å². The number of aromatic nitrogens is 2. The van der Waals surface area contributed by atoms with E-state index < -0.39 is 0 Å². The normalized spacial score (nSPS) is 11.1. The van der Waals surface area contributed by atoms with Crippen LogP contribution in [0.15, 0.2) is 41.0 Å². The summed E-state index contributed by atoms with van der Waals surface area (Å²) >= 11 is 15.7. The second-order valence-corrected chi connectivity index (χ2v) is 5.72. The van der Waals surface area contributed by atoms with Crippen LogP contribution in [0, 0.1) is 0 Å². The smallest absolute Gasteiger partial charge is 0.153 e. The molecule has 0 aliphatic carbocycles. The molecular formula is C13H8BrCl2N3. The van der Waals surface area contributed by atoms with E-state index in [4.69, 9.17) is 28.9 Å². The van der Waals surface area contributed by atoms with Gasteiger partial charge in [-0.3, -0.25) is 4.40 Å². The topological polar surface area (TPSA) is 43.3 Å². The van der Waals surface area contributed by atoms with Gasteiger partial charge in [-0.1, -0.05) is 23.2 Å². The number of hydrogen-bond donors (Lipinski definition) is 1. The molecule has 0 fully saturated rings. The minimum absolute atomic E-state index is 0.528. The van der Waals surface area contributed by atoms with Crippen LogP contribution in [0.3, 0.4) is 0 Å². The number of anilines is 1. The van der Waals surface area contributed by atoms with Gasteiger partial charge in [-0.2, -0.15) is 0 Å². The van der Waals surface area contributed by atoms with Crippen LogP contribution >= 0.6 is 39.1 Å². The first-order valence-electron chi connectivity index (χ1n) is 5.45. The molecular weight excluding hydrogens is 349 g/mol. The summed E-state index contributed by atoms with van der Waals surface area (Å²) in [5.41, 5.74) is 8.23. The Morgan fingerprint density at radius 3 is 2.74 bits per heavy atom. The van der Waals surface area contributed by atoms with Gasteiger partial charge in [-0.25, -0.2) is 4.98 Å². The van der Waals surface area contributed by atoms with E-state index in [1.807, 2.05) is 18.3 Å². The summed E-state index contributed by atoms with van der Waals surface area (Å²) in [7, 11) is 0. The predicted octanol–water partition coefficient (Wildman–Crippen LogP) is 4.65. The van der Waals surface area contributed by atoms with Gasteiger partial charge in [-0.15, -0.1) is 0 Å². The lowest BCUT2D eigenvalue weighted by molar-refractivity contribution is 1.19. The maximum atomic E-state index is 6.19. The van der Waals surface area contributed by atoms with Crippen molar-refractivity contribution in [3.8, 4) is 11.3 Å². The fraction of sp³-hybridized carbons (Fsp3) is 0. The number of nitrogen functional groups attached to an aromatic ring is 1. The molecule has 0 aliphatic rings. The molecule has 0 radical (unpaired) electrons. The van der Waals surface area contributed by atoms with Crippen LogP contribution in [0.5, 0.6) is 0 Å². The van der Waals surface area contributed by atoms with Crippen molar-refractivity contribution in [3.63, 3.8) is 0 Å². The predicted molar refractivity (Wildman–Crippen MR) is 82.8 cm³/mol. The second kappa shape index (κ2) is 4.71. The zero-order chi connectivity index (χ0) is 13.6. The van der Waals surface area contributed by atoms with Crippen LogP contribution in [-0.4, -0.2) is 9.38 Å². The first kappa shape index (κ1) is 12.8. The number of pyridine rings is 1. The van der Waals surface area contributed by atoms with Crippen molar-refractivity contribution >= 4 is 50.6 Å². The Labute approximate surface area is 128 Å². The van der Waals surface area contributed by atoms with Crippen molar-refractivity contribution < 1.29 is 0 Å². The van der Waals surface area contributed by atoms with E-state index in [-0.39, 0.29) is 0 Å². The molecule has 6 heteroatoms. The molecule has 19 heavy (non-hydrogen) atoms. The van der Waals surface area contributed by atoms with Gasteiger partial charge in [0.1, 0.15) is 11.5 Å². The highest BCUT2D eigenvalue weighted by Gasteiger charge is 2.15. The van der Waals surface area contributed by atoms with E-state index in [9.17, 15) is 0 Å². The summed E-state index contributed by atoms with van der Waals surface area (Å²) in [6.45, 7) is 0. The molecule has 0 unspecified atom stereocenters. The van der Waals surface area contributed by atoms with E-state index in [0.29, 0.717) is 21.6 Å². The standard InChI is InChI=1S/C13H8BrCl2N3/c14-9-2-1-5-19-12(17)11(18-13(9)19)8-6-7(15)3-4-10(8)16/h1-6H,17H2. The summed E-state index contributed by atoms with van der Waals surface area (Å²) in [5, 5.41) is 1.16. The van der Waals surface area contributed by atoms with Crippen LogP contribution in [0.4, 0.5) is 5.82 Å². The Kier molecular flexibility index (Phi) is 3.17. The maximum Gasteiger partial charge on any atom is 0.153 e. The van der Waals surface area contributed by atoms with Crippen molar-refractivity contribution in [2.24, 2.45) is 0 Å². The first-order chi connectivity index (χ1) is 9.08. The highest BCUT2D eigenvalue weighted by atomic mass is 79.9. The monoisotopic (exact) mass is 355 g/mol. The van der Waals surface area contributed by atoms with Gasteiger partial charge in [0.2, 0.25) is 0 Å². The SMILES string of the molecule is Nc1c(-c2cc(Cl)ccc2Cl)nc2c(Br)cccn12. The van der Waals surface area contributed by atoms with Gasteiger partial charge < -0.3 is 5.73 Å². The van der Waals surface area contributed by atoms with Crippen molar-refractivity contribution in [2.45, 2.75) is 0 Å². The van der Waals surface area contributed by atoms with Gasteiger partial charge in [0.15, 0.2) is 5.65 Å². The average molecular weight is 357 g/mol. The van der Waals surface area contributed by atoms with Crippen LogP contribution in [0.1, 0.15) is 0 Å². The minimum Gasteiger partial charge on any atom is -0.383 e. The molecule has 0 aliphatic heterocycles. The Balaban J connectivity index is 2.34. The van der Waals surface area contributed by atoms with Gasteiger partial charge in [0, 0.05) is 16.8 Å². The number of hydrogen-bond acceptors (Lipinski definition) is 2. The Morgan fingerprint density at radius 1 is 1.21 bits per heavy atom. The lowest BCUT2D eigenvalue weighted by Crippen LogP contribution is -1.94. The highest BCUT2D eigenvalue weighted by Crippen LogP contribution is 2.35. The average Bonchev–Trinajstić information content (AvgIpc) is 2.72. The van der Waals surface area contributed by atoms with Crippen molar-refractivity contribution in [1.29, 1.82) is 0 Å². The molecule has 2 N–H and O–H groups in total. The van der Waals surface area contributed by atoms with Crippen molar-refractivity contribution in [3.05, 3.63) is 51.0 Å². The van der Waals surface area contributed by atoms with Crippen molar-refractivity contribution in [1.82, 2.24) is 9.38 Å². The fourth-order valence-corrected chi connectivity index (χ4v) is 2.74. The van der Waals surface area contributed by atoms with Gasteiger partial charge >= 0.3 is 0 Å². The molecule has 0 bridgehead atoms. The largest absolute Gasteiger partial charge is 0.383 e. The van der Waals surface area contributed by atoms with Crippen LogP contribution in [0.25, 0.3) is 16.9 Å². The lowest BCUT2D eigenvalue weighted by Gasteiger charge is -2.03. The number of rotatable bonds is 1. The summed E-state index contributed by atoms with van der Waals surface area (Å²) in [6, 6.07) is 9.02. The summed E-state index contributed by atoms with van der Waals surface area (Å²) < 4.78 is 2.67. The third kappa shape index (κ3) is 2.10. The molecule has 1 aromatic carbocycles. The van der Waals surface area contributed by atoms with E-state index in [1.165, 1.54) is 0 Å². The molecule has 3 aromatic rings. The number of nitrogens with zero attached hydrogens (tertiary/aromatic N) is 2. The van der Waals surface area contributed by atoms with Crippen molar-refractivity contribution in [2.75, 3.05) is 5.73 Å². The van der Waals surface area contributed by atoms with Crippen LogP contribution in [-0.2, 0) is 0 Å². The Hall–Kier alpha value is -1.23. The molecule has 0 spiro atoms. The molecule has 2 aromatic heterocycles. The lowest BCUT2D eigenvalue weighted by atomic mass is 10.1. The van der Waals surface area contributed by atoms with Crippen LogP contribution < -0.4 is 5.73 Å². The molecule has 0 amide bonds. The van der Waals surface area contributed by atoms with Gasteiger partial charge in [0.25, 0.3) is 0 Å². The maximum absolute atomic E-state index is 6.19. The summed E-state index contributed by atoms with van der Waals surface area (Å²) in [6.07, 6.45) is 1.85. The number of halogens is 3. The van der Waals surface area contributed by atoms with E-state index in [2.05, 4.69) is 20.9 Å². The third-order valence-corrected chi connectivity index (χ3v) is 4.01. The zero-order valence-electron chi connectivity index (χ0n) is 9.57. The fourth-order valence-electron chi connectivity index (χ4n) is 1.93. The van der Waals surface area contributed by atoms with Gasteiger partial charge in [-0.05, 0) is 46.3 Å². The molecule has 0 saturated heterocycles. The van der Waals surface area contributed by atoms with E-state index in [0.717, 1.165) is 15.7 Å². The molecule has 3 rings (SSSR count).